The molecule has 94 valence electrons. The summed E-state index contributed by atoms with van der Waals surface area (Å²) in [7, 11) is 0. The van der Waals surface area contributed by atoms with Crippen LogP contribution in [0, 0.1) is 18.3 Å². The number of hydrogen-bond donors (Lipinski definition) is 0. The highest BCUT2D eigenvalue weighted by molar-refractivity contribution is 5.43. The van der Waals surface area contributed by atoms with E-state index in [-0.39, 0.29) is 0 Å². The van der Waals surface area contributed by atoms with E-state index in [4.69, 9.17) is 10.00 Å². The minimum absolute atomic E-state index is 0.487. The van der Waals surface area contributed by atoms with E-state index in [0.717, 1.165) is 17.7 Å². The third kappa shape index (κ3) is 2.20. The van der Waals surface area contributed by atoms with Crippen LogP contribution in [0.2, 0.25) is 0 Å². The van der Waals surface area contributed by atoms with Gasteiger partial charge in [0.05, 0.1) is 18.2 Å². The predicted octanol–water partition coefficient (Wildman–Crippen LogP) is 3.59. The molecule has 2 heteroatoms. The number of rotatable bonds is 3. The maximum Gasteiger partial charge on any atom is 0.123 e. The lowest BCUT2D eigenvalue weighted by molar-refractivity contribution is 0.273. The molecule has 3 rings (SSSR count). The number of benzene rings is 2. The molecule has 0 aliphatic heterocycles. The number of ether oxygens (including phenoxy) is 1. The number of fused-ring (bicyclic) bond motifs is 1. The molecule has 1 atom stereocenters. The van der Waals surface area contributed by atoms with E-state index < -0.39 is 0 Å². The Hall–Kier alpha value is -2.27. The van der Waals surface area contributed by atoms with Crippen molar-refractivity contribution in [2.24, 2.45) is 0 Å². The standard InChI is InChI=1S/C17H15NO/c1-12-6-7-13(10-18)8-17(12)19-11-15-9-14-4-2-3-5-16(14)15/h2-8,15H,9,11H2,1H3. The lowest BCUT2D eigenvalue weighted by atomic mass is 9.78. The van der Waals surface area contributed by atoms with Gasteiger partial charge in [-0.1, -0.05) is 30.3 Å². The molecule has 2 aromatic rings. The Bertz CT molecular complexity index is 655. The van der Waals surface area contributed by atoms with Crippen molar-refractivity contribution < 1.29 is 4.74 Å². The highest BCUT2D eigenvalue weighted by atomic mass is 16.5. The van der Waals surface area contributed by atoms with Gasteiger partial charge in [0.15, 0.2) is 0 Å². The summed E-state index contributed by atoms with van der Waals surface area (Å²) in [6.45, 7) is 2.69. The van der Waals surface area contributed by atoms with Crippen LogP contribution >= 0.6 is 0 Å². The molecule has 0 saturated carbocycles. The molecule has 1 aliphatic rings. The average molecular weight is 249 g/mol. The number of hydrogen-bond acceptors (Lipinski definition) is 2. The Morgan fingerprint density at radius 1 is 1.26 bits per heavy atom. The molecule has 0 N–H and O–H groups in total. The second-order valence-electron chi connectivity index (χ2n) is 5.00. The smallest absolute Gasteiger partial charge is 0.123 e. The second-order valence-corrected chi connectivity index (χ2v) is 5.00. The van der Waals surface area contributed by atoms with Gasteiger partial charge in [-0.15, -0.1) is 0 Å². The van der Waals surface area contributed by atoms with Gasteiger partial charge in [0, 0.05) is 5.92 Å². The van der Waals surface area contributed by atoms with Crippen molar-refractivity contribution >= 4 is 0 Å². The Labute approximate surface area is 113 Å². The Morgan fingerprint density at radius 2 is 2.11 bits per heavy atom. The van der Waals surface area contributed by atoms with Gasteiger partial charge in [-0.05, 0) is 42.2 Å². The van der Waals surface area contributed by atoms with Crippen LogP contribution in [0.1, 0.15) is 28.2 Å². The molecule has 0 heterocycles. The number of aryl methyl sites for hydroxylation is 1. The number of nitriles is 1. The van der Waals surface area contributed by atoms with Gasteiger partial charge in [-0.25, -0.2) is 0 Å². The first-order valence-corrected chi connectivity index (χ1v) is 6.49. The van der Waals surface area contributed by atoms with E-state index >= 15 is 0 Å². The van der Waals surface area contributed by atoms with Crippen molar-refractivity contribution in [2.45, 2.75) is 19.3 Å². The quantitative estimate of drug-likeness (QED) is 0.832. The maximum absolute atomic E-state index is 8.91. The van der Waals surface area contributed by atoms with E-state index in [1.54, 1.807) is 0 Å². The highest BCUT2D eigenvalue weighted by Gasteiger charge is 2.25. The van der Waals surface area contributed by atoms with Crippen molar-refractivity contribution in [3.05, 3.63) is 64.7 Å². The van der Waals surface area contributed by atoms with Crippen molar-refractivity contribution in [1.29, 1.82) is 5.26 Å². The summed E-state index contributed by atoms with van der Waals surface area (Å²) in [5.41, 5.74) is 4.55. The molecule has 1 unspecified atom stereocenters. The molecule has 0 radical (unpaired) electrons. The molecule has 0 saturated heterocycles. The zero-order valence-corrected chi connectivity index (χ0v) is 10.9. The molecule has 19 heavy (non-hydrogen) atoms. The summed E-state index contributed by atoms with van der Waals surface area (Å²) in [4.78, 5) is 0. The molecule has 1 aliphatic carbocycles. The number of nitrogens with zero attached hydrogens (tertiary/aromatic N) is 1. The van der Waals surface area contributed by atoms with Gasteiger partial charge in [0.2, 0.25) is 0 Å². The van der Waals surface area contributed by atoms with Crippen LogP contribution in [0.15, 0.2) is 42.5 Å². The molecule has 2 aromatic carbocycles. The van der Waals surface area contributed by atoms with Gasteiger partial charge in [-0.2, -0.15) is 5.26 Å². The minimum Gasteiger partial charge on any atom is -0.493 e. The Kier molecular flexibility index (Phi) is 2.97. The van der Waals surface area contributed by atoms with Crippen LogP contribution in [0.3, 0.4) is 0 Å². The molecular weight excluding hydrogens is 234 g/mol. The average Bonchev–Trinajstić information content (AvgIpc) is 2.42. The predicted molar refractivity (Wildman–Crippen MR) is 74.3 cm³/mol. The van der Waals surface area contributed by atoms with Crippen LogP contribution < -0.4 is 4.74 Å². The van der Waals surface area contributed by atoms with E-state index in [2.05, 4.69) is 30.3 Å². The van der Waals surface area contributed by atoms with E-state index in [0.29, 0.717) is 18.1 Å². The first kappa shape index (κ1) is 11.8. The van der Waals surface area contributed by atoms with Gasteiger partial charge >= 0.3 is 0 Å². The van der Waals surface area contributed by atoms with Gasteiger partial charge in [0.1, 0.15) is 5.75 Å². The molecule has 0 aromatic heterocycles. The molecular formula is C17H15NO. The van der Waals surface area contributed by atoms with Gasteiger partial charge < -0.3 is 4.74 Å². The minimum atomic E-state index is 0.487. The summed E-state index contributed by atoms with van der Waals surface area (Å²) < 4.78 is 5.89. The summed E-state index contributed by atoms with van der Waals surface area (Å²) in [5, 5.41) is 8.91. The van der Waals surface area contributed by atoms with E-state index in [9.17, 15) is 0 Å². The molecule has 0 bridgehead atoms. The summed E-state index contributed by atoms with van der Waals surface area (Å²) in [5.74, 6) is 1.31. The monoisotopic (exact) mass is 249 g/mol. The first-order valence-electron chi connectivity index (χ1n) is 6.49. The van der Waals surface area contributed by atoms with Crippen molar-refractivity contribution in [1.82, 2.24) is 0 Å². The van der Waals surface area contributed by atoms with E-state index in [1.165, 1.54) is 11.1 Å². The largest absolute Gasteiger partial charge is 0.493 e. The van der Waals surface area contributed by atoms with Gasteiger partial charge in [0.25, 0.3) is 0 Å². The van der Waals surface area contributed by atoms with Gasteiger partial charge in [-0.3, -0.25) is 0 Å². The van der Waals surface area contributed by atoms with Crippen molar-refractivity contribution in [2.75, 3.05) is 6.61 Å². The summed E-state index contributed by atoms with van der Waals surface area (Å²) >= 11 is 0. The fraction of sp³-hybridized carbons (Fsp3) is 0.235. The molecule has 2 nitrogen and oxygen atoms in total. The van der Waals surface area contributed by atoms with Crippen molar-refractivity contribution in [3.8, 4) is 11.8 Å². The van der Waals surface area contributed by atoms with Crippen LogP contribution in [-0.4, -0.2) is 6.61 Å². The molecule has 0 fully saturated rings. The topological polar surface area (TPSA) is 33.0 Å². The Morgan fingerprint density at radius 3 is 2.89 bits per heavy atom. The van der Waals surface area contributed by atoms with Crippen molar-refractivity contribution in [3.63, 3.8) is 0 Å². The zero-order chi connectivity index (χ0) is 13.2. The van der Waals surface area contributed by atoms with E-state index in [1.807, 2.05) is 25.1 Å². The summed E-state index contributed by atoms with van der Waals surface area (Å²) in [6, 6.07) is 16.2. The fourth-order valence-corrected chi connectivity index (χ4v) is 2.53. The SMILES string of the molecule is Cc1ccc(C#N)cc1OCC1Cc2ccccc21. The molecule has 0 amide bonds. The lowest BCUT2D eigenvalue weighted by Crippen LogP contribution is -2.23. The van der Waals surface area contributed by atoms with Crippen LogP contribution in [-0.2, 0) is 6.42 Å². The zero-order valence-electron chi connectivity index (χ0n) is 10.9. The van der Waals surface area contributed by atoms with Crippen LogP contribution in [0.4, 0.5) is 0 Å². The summed E-state index contributed by atoms with van der Waals surface area (Å²) in [6.07, 6.45) is 1.09. The third-order valence-electron chi connectivity index (χ3n) is 3.72. The Balaban J connectivity index is 1.70. The van der Waals surface area contributed by atoms with Crippen LogP contribution in [0.5, 0.6) is 5.75 Å². The normalized spacial score (nSPS) is 16.1. The highest BCUT2D eigenvalue weighted by Crippen LogP contribution is 2.35. The van der Waals surface area contributed by atoms with Crippen LogP contribution in [0.25, 0.3) is 0 Å². The molecule has 0 spiro atoms. The maximum atomic E-state index is 8.91. The lowest BCUT2D eigenvalue weighted by Gasteiger charge is -2.30. The fourth-order valence-electron chi connectivity index (χ4n) is 2.53. The first-order chi connectivity index (χ1) is 9.28. The second kappa shape index (κ2) is 4.78. The third-order valence-corrected chi connectivity index (χ3v) is 3.72.